The van der Waals surface area contributed by atoms with Gasteiger partial charge in [0, 0.05) is 37.9 Å². The van der Waals surface area contributed by atoms with E-state index >= 15 is 0 Å². The maximum atomic E-state index is 11.5. The van der Waals surface area contributed by atoms with Gasteiger partial charge in [0.2, 0.25) is 0 Å². The second-order valence-corrected chi connectivity index (χ2v) is 5.82. The zero-order valence-corrected chi connectivity index (χ0v) is 11.4. The molecule has 2 fully saturated rings. The standard InChI is InChI=1S/C15H23N3O/c19-15-3-1-2-8-17(15)10-7-16-11-13-6-9-18(12-13)14-4-5-14/h1-3,8,13-14,16H,4-7,9-12H2. The van der Waals surface area contributed by atoms with Crippen molar-refractivity contribution in [2.24, 2.45) is 5.92 Å². The first-order valence-corrected chi connectivity index (χ1v) is 7.43. The molecule has 104 valence electrons. The summed E-state index contributed by atoms with van der Waals surface area (Å²) in [6, 6.07) is 6.22. The molecule has 1 aliphatic carbocycles. The van der Waals surface area contributed by atoms with Crippen LogP contribution >= 0.6 is 0 Å². The Kier molecular flexibility index (Phi) is 3.99. The Bertz CT molecular complexity index is 466. The molecule has 3 rings (SSSR count). The lowest BCUT2D eigenvalue weighted by Crippen LogP contribution is -2.31. The van der Waals surface area contributed by atoms with Crippen molar-refractivity contribution in [2.75, 3.05) is 26.2 Å². The number of likely N-dealkylation sites (tertiary alicyclic amines) is 1. The van der Waals surface area contributed by atoms with Crippen molar-refractivity contribution in [1.82, 2.24) is 14.8 Å². The highest BCUT2D eigenvalue weighted by Crippen LogP contribution is 2.31. The predicted octanol–water partition coefficient (Wildman–Crippen LogP) is 0.922. The largest absolute Gasteiger partial charge is 0.315 e. The maximum Gasteiger partial charge on any atom is 0.250 e. The average molecular weight is 261 g/mol. The van der Waals surface area contributed by atoms with Gasteiger partial charge in [-0.2, -0.15) is 0 Å². The summed E-state index contributed by atoms with van der Waals surface area (Å²) in [4.78, 5) is 14.2. The van der Waals surface area contributed by atoms with E-state index in [2.05, 4.69) is 10.2 Å². The lowest BCUT2D eigenvalue weighted by molar-refractivity contribution is 0.311. The smallest absolute Gasteiger partial charge is 0.250 e. The van der Waals surface area contributed by atoms with E-state index in [0.717, 1.165) is 31.6 Å². The van der Waals surface area contributed by atoms with Crippen LogP contribution in [0.3, 0.4) is 0 Å². The summed E-state index contributed by atoms with van der Waals surface area (Å²) in [7, 11) is 0. The zero-order chi connectivity index (χ0) is 13.1. The molecule has 0 spiro atoms. The third-order valence-corrected chi connectivity index (χ3v) is 4.24. The number of rotatable bonds is 6. The lowest BCUT2D eigenvalue weighted by Gasteiger charge is -2.15. The molecule has 4 nitrogen and oxygen atoms in total. The summed E-state index contributed by atoms with van der Waals surface area (Å²) in [6.07, 6.45) is 6.01. The van der Waals surface area contributed by atoms with Gasteiger partial charge in [-0.25, -0.2) is 0 Å². The molecule has 1 saturated heterocycles. The minimum atomic E-state index is 0.0880. The fourth-order valence-electron chi connectivity index (χ4n) is 2.95. The molecule has 2 heterocycles. The van der Waals surface area contributed by atoms with Crippen molar-refractivity contribution >= 4 is 0 Å². The summed E-state index contributed by atoms with van der Waals surface area (Å²) in [5.74, 6) is 0.799. The second kappa shape index (κ2) is 5.88. The molecule has 0 radical (unpaired) electrons. The van der Waals surface area contributed by atoms with Crippen LogP contribution in [0.2, 0.25) is 0 Å². The molecule has 1 aromatic rings. The molecular weight excluding hydrogens is 238 g/mol. The summed E-state index contributed by atoms with van der Waals surface area (Å²) in [5.41, 5.74) is 0.0880. The van der Waals surface area contributed by atoms with Crippen LogP contribution in [0.5, 0.6) is 0 Å². The number of nitrogens with one attached hydrogen (secondary N) is 1. The van der Waals surface area contributed by atoms with Crippen molar-refractivity contribution in [2.45, 2.75) is 31.8 Å². The third kappa shape index (κ3) is 3.45. The van der Waals surface area contributed by atoms with Crippen molar-refractivity contribution in [3.05, 3.63) is 34.7 Å². The molecule has 19 heavy (non-hydrogen) atoms. The summed E-state index contributed by atoms with van der Waals surface area (Å²) in [6.45, 7) is 5.28. The van der Waals surface area contributed by atoms with Crippen LogP contribution in [0.25, 0.3) is 0 Å². The van der Waals surface area contributed by atoms with Gasteiger partial charge in [-0.3, -0.25) is 4.79 Å². The number of aromatic nitrogens is 1. The van der Waals surface area contributed by atoms with Crippen LogP contribution < -0.4 is 10.9 Å². The molecule has 1 aliphatic heterocycles. The molecule has 1 saturated carbocycles. The van der Waals surface area contributed by atoms with Crippen molar-refractivity contribution in [3.8, 4) is 0 Å². The monoisotopic (exact) mass is 261 g/mol. The molecule has 0 amide bonds. The van der Waals surface area contributed by atoms with Gasteiger partial charge in [-0.05, 0) is 44.3 Å². The molecule has 1 aromatic heterocycles. The second-order valence-electron chi connectivity index (χ2n) is 5.82. The quantitative estimate of drug-likeness (QED) is 0.774. The molecule has 1 atom stereocenters. The van der Waals surface area contributed by atoms with E-state index in [9.17, 15) is 4.79 Å². The molecular formula is C15H23N3O. The first-order valence-electron chi connectivity index (χ1n) is 7.43. The van der Waals surface area contributed by atoms with E-state index < -0.39 is 0 Å². The minimum absolute atomic E-state index is 0.0880. The van der Waals surface area contributed by atoms with Gasteiger partial charge in [0.25, 0.3) is 5.56 Å². The summed E-state index contributed by atoms with van der Waals surface area (Å²) >= 11 is 0. The van der Waals surface area contributed by atoms with Gasteiger partial charge in [-0.1, -0.05) is 6.07 Å². The summed E-state index contributed by atoms with van der Waals surface area (Å²) in [5, 5.41) is 3.50. The fraction of sp³-hybridized carbons (Fsp3) is 0.667. The first-order chi connectivity index (χ1) is 9.33. The van der Waals surface area contributed by atoms with Gasteiger partial charge >= 0.3 is 0 Å². The highest BCUT2D eigenvalue weighted by Gasteiger charge is 2.33. The Morgan fingerprint density at radius 1 is 1.26 bits per heavy atom. The Labute approximate surface area is 114 Å². The molecule has 1 N–H and O–H groups in total. The molecule has 0 aromatic carbocycles. The van der Waals surface area contributed by atoms with Crippen molar-refractivity contribution in [1.29, 1.82) is 0 Å². The van der Waals surface area contributed by atoms with Crippen LogP contribution in [-0.4, -0.2) is 41.7 Å². The van der Waals surface area contributed by atoms with E-state index in [1.165, 1.54) is 32.4 Å². The van der Waals surface area contributed by atoms with Crippen LogP contribution in [0.15, 0.2) is 29.2 Å². The highest BCUT2D eigenvalue weighted by molar-refractivity contribution is 4.93. The summed E-state index contributed by atoms with van der Waals surface area (Å²) < 4.78 is 1.76. The number of nitrogens with zero attached hydrogens (tertiary/aromatic N) is 2. The Morgan fingerprint density at radius 3 is 2.95 bits per heavy atom. The van der Waals surface area contributed by atoms with E-state index in [1.54, 1.807) is 16.7 Å². The van der Waals surface area contributed by atoms with Crippen molar-refractivity contribution < 1.29 is 0 Å². The van der Waals surface area contributed by atoms with Gasteiger partial charge < -0.3 is 14.8 Å². The van der Waals surface area contributed by atoms with E-state index in [-0.39, 0.29) is 5.56 Å². The van der Waals surface area contributed by atoms with E-state index in [0.29, 0.717) is 0 Å². The third-order valence-electron chi connectivity index (χ3n) is 4.24. The first kappa shape index (κ1) is 12.9. The number of hydrogen-bond acceptors (Lipinski definition) is 3. The number of hydrogen-bond donors (Lipinski definition) is 1. The average Bonchev–Trinajstić information content (AvgIpc) is 3.17. The maximum absolute atomic E-state index is 11.5. The highest BCUT2D eigenvalue weighted by atomic mass is 16.1. The van der Waals surface area contributed by atoms with Gasteiger partial charge in [0.15, 0.2) is 0 Å². The Morgan fingerprint density at radius 2 is 2.16 bits per heavy atom. The van der Waals surface area contributed by atoms with Crippen molar-refractivity contribution in [3.63, 3.8) is 0 Å². The van der Waals surface area contributed by atoms with Gasteiger partial charge in [0.05, 0.1) is 0 Å². The van der Waals surface area contributed by atoms with Gasteiger partial charge in [0.1, 0.15) is 0 Å². The van der Waals surface area contributed by atoms with Crippen LogP contribution in [0, 0.1) is 5.92 Å². The molecule has 2 aliphatic rings. The molecule has 1 unspecified atom stereocenters. The number of pyridine rings is 1. The predicted molar refractivity (Wildman–Crippen MR) is 76.3 cm³/mol. The van der Waals surface area contributed by atoms with Crippen LogP contribution in [0.4, 0.5) is 0 Å². The zero-order valence-electron chi connectivity index (χ0n) is 11.4. The molecule has 4 heteroatoms. The minimum Gasteiger partial charge on any atom is -0.315 e. The Hall–Kier alpha value is -1.13. The Balaban J connectivity index is 1.35. The van der Waals surface area contributed by atoms with E-state index in [1.807, 2.05) is 12.3 Å². The lowest BCUT2D eigenvalue weighted by atomic mass is 10.1. The van der Waals surface area contributed by atoms with Crippen LogP contribution in [-0.2, 0) is 6.54 Å². The van der Waals surface area contributed by atoms with Crippen LogP contribution in [0.1, 0.15) is 19.3 Å². The fourth-order valence-corrected chi connectivity index (χ4v) is 2.95. The topological polar surface area (TPSA) is 37.3 Å². The normalized spacial score (nSPS) is 23.9. The van der Waals surface area contributed by atoms with Gasteiger partial charge in [-0.15, -0.1) is 0 Å². The SMILES string of the molecule is O=c1ccccn1CCNCC1CCN(C2CC2)C1. The molecule has 0 bridgehead atoms. The van der Waals surface area contributed by atoms with E-state index in [4.69, 9.17) is 0 Å².